The van der Waals surface area contributed by atoms with Crippen molar-refractivity contribution in [3.8, 4) is 0 Å². The third-order valence-electron chi connectivity index (χ3n) is 3.84. The Morgan fingerprint density at radius 3 is 2.35 bits per heavy atom. The minimum atomic E-state index is -4.01. The van der Waals surface area contributed by atoms with Gasteiger partial charge in [-0.2, -0.15) is 13.2 Å². The van der Waals surface area contributed by atoms with Gasteiger partial charge >= 0.3 is 6.18 Å². The fourth-order valence-corrected chi connectivity index (χ4v) is 3.03. The zero-order chi connectivity index (χ0) is 13.1. The second-order valence-electron chi connectivity index (χ2n) is 5.49. The third-order valence-corrected chi connectivity index (χ3v) is 3.84. The Morgan fingerprint density at radius 2 is 1.88 bits per heavy atom. The van der Waals surface area contributed by atoms with Crippen LogP contribution < -0.4 is 5.32 Å². The monoisotopic (exact) mass is 251 g/mol. The summed E-state index contributed by atoms with van der Waals surface area (Å²) in [6.45, 7) is 7.02. The average molecular weight is 251 g/mol. The lowest BCUT2D eigenvalue weighted by molar-refractivity contribution is -0.187. The van der Waals surface area contributed by atoms with Crippen molar-refractivity contribution in [1.29, 1.82) is 0 Å². The molecule has 1 fully saturated rings. The first kappa shape index (κ1) is 14.8. The van der Waals surface area contributed by atoms with Crippen LogP contribution in [-0.2, 0) is 0 Å². The molecule has 0 aromatic carbocycles. The van der Waals surface area contributed by atoms with Crippen LogP contribution in [0, 0.1) is 17.8 Å². The van der Waals surface area contributed by atoms with Crippen LogP contribution in [-0.4, -0.2) is 18.8 Å². The van der Waals surface area contributed by atoms with Crippen LogP contribution in [0.5, 0.6) is 0 Å². The smallest absolute Gasteiger partial charge is 0.314 e. The van der Waals surface area contributed by atoms with E-state index < -0.39 is 12.1 Å². The highest BCUT2D eigenvalue weighted by atomic mass is 19.4. The largest absolute Gasteiger partial charge is 0.391 e. The Bertz CT molecular complexity index is 225. The molecule has 0 bridgehead atoms. The van der Waals surface area contributed by atoms with Crippen LogP contribution in [0.2, 0.25) is 0 Å². The van der Waals surface area contributed by atoms with Crippen molar-refractivity contribution in [3.63, 3.8) is 0 Å². The molecule has 1 N–H and O–H groups in total. The highest BCUT2D eigenvalue weighted by molar-refractivity contribution is 4.86. The molecule has 3 unspecified atom stereocenters. The molecule has 1 aliphatic carbocycles. The Kier molecular flexibility index (Phi) is 5.29. The Hall–Kier alpha value is -0.250. The number of rotatable bonds is 4. The summed E-state index contributed by atoms with van der Waals surface area (Å²) < 4.78 is 38.2. The lowest BCUT2D eigenvalue weighted by Crippen LogP contribution is -2.43. The number of halogens is 3. The molecule has 0 spiro atoms. The number of hydrogen-bond donors (Lipinski definition) is 1. The van der Waals surface area contributed by atoms with Gasteiger partial charge in [-0.25, -0.2) is 0 Å². The third kappa shape index (κ3) is 4.16. The Labute approximate surface area is 102 Å². The molecule has 1 rings (SSSR count). The van der Waals surface area contributed by atoms with Gasteiger partial charge in [-0.3, -0.25) is 0 Å². The minimum Gasteiger partial charge on any atom is -0.314 e. The number of nitrogens with one attached hydrogen (secondary N) is 1. The lowest BCUT2D eigenvalue weighted by atomic mass is 9.74. The van der Waals surface area contributed by atoms with E-state index in [2.05, 4.69) is 19.2 Å². The summed E-state index contributed by atoms with van der Waals surface area (Å²) in [4.78, 5) is 0. The average Bonchev–Trinajstić information content (AvgIpc) is 2.24. The number of hydrogen-bond acceptors (Lipinski definition) is 1. The quantitative estimate of drug-likeness (QED) is 0.796. The van der Waals surface area contributed by atoms with Gasteiger partial charge < -0.3 is 5.32 Å². The van der Waals surface area contributed by atoms with Gasteiger partial charge in [0.05, 0.1) is 5.92 Å². The molecule has 1 nitrogen and oxygen atoms in total. The van der Waals surface area contributed by atoms with Gasteiger partial charge in [0.2, 0.25) is 0 Å². The van der Waals surface area contributed by atoms with E-state index in [0.29, 0.717) is 25.2 Å². The van der Waals surface area contributed by atoms with E-state index in [4.69, 9.17) is 0 Å². The summed E-state index contributed by atoms with van der Waals surface area (Å²) in [5.41, 5.74) is 0. The predicted molar refractivity (Wildman–Crippen MR) is 63.8 cm³/mol. The zero-order valence-electron chi connectivity index (χ0n) is 11.0. The summed E-state index contributed by atoms with van der Waals surface area (Å²) in [5, 5.41) is 3.36. The summed E-state index contributed by atoms with van der Waals surface area (Å²) in [6.07, 6.45) is -1.74. The van der Waals surface area contributed by atoms with Crippen molar-refractivity contribution in [2.24, 2.45) is 17.8 Å². The molecule has 0 aromatic heterocycles. The van der Waals surface area contributed by atoms with E-state index in [9.17, 15) is 13.2 Å². The summed E-state index contributed by atoms with van der Waals surface area (Å²) in [5.74, 6) is -0.511. The first-order valence-corrected chi connectivity index (χ1v) is 6.66. The van der Waals surface area contributed by atoms with E-state index in [-0.39, 0.29) is 12.0 Å². The van der Waals surface area contributed by atoms with Gasteiger partial charge in [0.15, 0.2) is 0 Å². The van der Waals surface area contributed by atoms with Crippen molar-refractivity contribution < 1.29 is 13.2 Å². The Morgan fingerprint density at radius 1 is 1.24 bits per heavy atom. The van der Waals surface area contributed by atoms with E-state index in [1.807, 2.05) is 6.92 Å². The predicted octanol–water partition coefficient (Wildman–Crippen LogP) is 3.99. The lowest BCUT2D eigenvalue weighted by Gasteiger charge is -2.37. The van der Waals surface area contributed by atoms with Crippen molar-refractivity contribution in [3.05, 3.63) is 0 Å². The fraction of sp³-hybridized carbons (Fsp3) is 1.00. The van der Waals surface area contributed by atoms with Gasteiger partial charge in [0, 0.05) is 6.04 Å². The molecule has 0 saturated heterocycles. The van der Waals surface area contributed by atoms with Gasteiger partial charge in [0.25, 0.3) is 0 Å². The summed E-state index contributed by atoms with van der Waals surface area (Å²) >= 11 is 0. The van der Waals surface area contributed by atoms with Crippen molar-refractivity contribution in [2.75, 3.05) is 6.54 Å². The van der Waals surface area contributed by atoms with E-state index in [1.54, 1.807) is 0 Å². The highest BCUT2D eigenvalue weighted by Crippen LogP contribution is 2.41. The van der Waals surface area contributed by atoms with Crippen LogP contribution in [0.15, 0.2) is 0 Å². The maximum atomic E-state index is 12.7. The highest BCUT2D eigenvalue weighted by Gasteiger charge is 2.43. The topological polar surface area (TPSA) is 12.0 Å². The SMILES string of the molecule is CCNC(C(C)C)C1CCCC(C(F)(F)F)C1. The normalized spacial score (nSPS) is 28.4. The van der Waals surface area contributed by atoms with Crippen LogP contribution >= 0.6 is 0 Å². The van der Waals surface area contributed by atoms with Gasteiger partial charge in [-0.1, -0.05) is 27.2 Å². The number of alkyl halides is 3. The van der Waals surface area contributed by atoms with Gasteiger partial charge in [-0.05, 0) is 37.6 Å². The van der Waals surface area contributed by atoms with E-state index in [1.165, 1.54) is 0 Å². The Balaban J connectivity index is 2.63. The molecule has 17 heavy (non-hydrogen) atoms. The van der Waals surface area contributed by atoms with Gasteiger partial charge in [-0.15, -0.1) is 0 Å². The fourth-order valence-electron chi connectivity index (χ4n) is 3.03. The second-order valence-corrected chi connectivity index (χ2v) is 5.49. The molecular formula is C13H24F3N. The summed E-state index contributed by atoms with van der Waals surface area (Å²) in [6, 6.07) is 0.227. The second kappa shape index (κ2) is 6.07. The van der Waals surface area contributed by atoms with Crippen LogP contribution in [0.25, 0.3) is 0 Å². The van der Waals surface area contributed by atoms with Gasteiger partial charge in [0.1, 0.15) is 0 Å². The van der Waals surface area contributed by atoms with Crippen molar-refractivity contribution >= 4 is 0 Å². The molecule has 0 aliphatic heterocycles. The summed E-state index contributed by atoms with van der Waals surface area (Å²) in [7, 11) is 0. The maximum Gasteiger partial charge on any atom is 0.391 e. The zero-order valence-corrected chi connectivity index (χ0v) is 11.0. The molecule has 0 radical (unpaired) electrons. The molecule has 102 valence electrons. The van der Waals surface area contributed by atoms with Crippen LogP contribution in [0.4, 0.5) is 13.2 Å². The molecule has 1 saturated carbocycles. The van der Waals surface area contributed by atoms with Crippen LogP contribution in [0.1, 0.15) is 46.5 Å². The molecule has 0 amide bonds. The van der Waals surface area contributed by atoms with Crippen molar-refractivity contribution in [1.82, 2.24) is 5.32 Å². The molecule has 0 heterocycles. The van der Waals surface area contributed by atoms with E-state index >= 15 is 0 Å². The molecule has 0 aromatic rings. The first-order chi connectivity index (χ1) is 7.86. The first-order valence-electron chi connectivity index (χ1n) is 6.66. The standard InChI is InChI=1S/C13H24F3N/c1-4-17-12(9(2)3)10-6-5-7-11(8-10)13(14,15)16/h9-12,17H,4-8H2,1-3H3. The molecular weight excluding hydrogens is 227 g/mol. The van der Waals surface area contributed by atoms with Crippen LogP contribution in [0.3, 0.4) is 0 Å². The van der Waals surface area contributed by atoms with Crippen molar-refractivity contribution in [2.45, 2.75) is 58.7 Å². The molecule has 1 aliphatic rings. The maximum absolute atomic E-state index is 12.7. The van der Waals surface area contributed by atoms with E-state index in [0.717, 1.165) is 13.0 Å². The molecule has 4 heteroatoms. The minimum absolute atomic E-state index is 0.176. The molecule has 3 atom stereocenters.